The lowest BCUT2D eigenvalue weighted by Gasteiger charge is -2.25. The molecule has 0 saturated heterocycles. The molecule has 1 atom stereocenters. The van der Waals surface area contributed by atoms with E-state index in [1.165, 1.54) is 37.5 Å². The summed E-state index contributed by atoms with van der Waals surface area (Å²) in [5.41, 5.74) is 0.855. The van der Waals surface area contributed by atoms with Gasteiger partial charge in [-0.25, -0.2) is 8.42 Å². The molecule has 0 saturated carbocycles. The lowest BCUT2D eigenvalue weighted by molar-refractivity contribution is -0.138. The van der Waals surface area contributed by atoms with Gasteiger partial charge in [0.2, 0.25) is 0 Å². The fourth-order valence-electron chi connectivity index (χ4n) is 2.21. The Labute approximate surface area is 149 Å². The lowest BCUT2D eigenvalue weighted by atomic mass is 10.0. The minimum Gasteiger partial charge on any atom is -0.497 e. The van der Waals surface area contributed by atoms with Gasteiger partial charge in [0, 0.05) is 0 Å². The van der Waals surface area contributed by atoms with Crippen molar-refractivity contribution in [1.29, 1.82) is 0 Å². The van der Waals surface area contributed by atoms with Crippen molar-refractivity contribution < 1.29 is 23.1 Å². The van der Waals surface area contributed by atoms with Gasteiger partial charge in [-0.15, -0.1) is 0 Å². The van der Waals surface area contributed by atoms with Crippen LogP contribution < -0.4 is 4.74 Å². The van der Waals surface area contributed by atoms with Crippen LogP contribution in [0.1, 0.15) is 34.1 Å². The minimum atomic E-state index is -4.16. The zero-order chi connectivity index (χ0) is 19.3. The van der Waals surface area contributed by atoms with Gasteiger partial charge < -0.3 is 9.84 Å². The molecule has 0 aromatic heterocycles. The van der Waals surface area contributed by atoms with E-state index in [9.17, 15) is 18.3 Å². The van der Waals surface area contributed by atoms with Gasteiger partial charge in [0.15, 0.2) is 14.6 Å². The summed E-state index contributed by atoms with van der Waals surface area (Å²) < 4.78 is 29.4. The van der Waals surface area contributed by atoms with E-state index in [1.54, 1.807) is 26.0 Å². The summed E-state index contributed by atoms with van der Waals surface area (Å²) in [5.74, 6) is -0.865. The molecule has 0 fully saturated rings. The maximum Gasteiger partial charge on any atom is 0.329 e. The number of carbonyl (C=O) groups is 1. The van der Waals surface area contributed by atoms with Crippen molar-refractivity contribution in [2.45, 2.75) is 43.8 Å². The largest absolute Gasteiger partial charge is 0.497 e. The molecule has 1 unspecified atom stereocenters. The molecule has 0 aliphatic carbocycles. The lowest BCUT2D eigenvalue weighted by Crippen LogP contribution is -2.44. The van der Waals surface area contributed by atoms with E-state index < -0.39 is 20.6 Å². The molecule has 138 valence electrons. The highest BCUT2D eigenvalue weighted by Crippen LogP contribution is 2.33. The van der Waals surface area contributed by atoms with Crippen LogP contribution in [0.3, 0.4) is 0 Å². The molecule has 6 heteroatoms. The molecular formula is C19H26O5S. The normalized spacial score (nSPS) is 14.3. The van der Waals surface area contributed by atoms with Crippen molar-refractivity contribution in [3.05, 3.63) is 48.1 Å². The Morgan fingerprint density at radius 2 is 1.80 bits per heavy atom. The quantitative estimate of drug-likeness (QED) is 0.707. The predicted molar refractivity (Wildman–Crippen MR) is 98.6 cm³/mol. The van der Waals surface area contributed by atoms with Crippen molar-refractivity contribution in [1.82, 2.24) is 0 Å². The maximum absolute atomic E-state index is 13.2. The Bertz CT molecular complexity index is 754. The zero-order valence-electron chi connectivity index (χ0n) is 15.3. The number of carboxylic acids is 1. The Morgan fingerprint density at radius 1 is 1.24 bits per heavy atom. The Kier molecular flexibility index (Phi) is 6.99. The molecule has 0 aliphatic rings. The van der Waals surface area contributed by atoms with Gasteiger partial charge >= 0.3 is 5.97 Å². The van der Waals surface area contributed by atoms with E-state index >= 15 is 0 Å². The molecule has 0 spiro atoms. The van der Waals surface area contributed by atoms with E-state index in [4.69, 9.17) is 4.74 Å². The minimum absolute atomic E-state index is 0.0245. The number of carboxylic acid groups (broad SMARTS) is 1. The number of rotatable bonds is 8. The summed E-state index contributed by atoms with van der Waals surface area (Å²) in [5, 5.41) is 9.86. The molecule has 0 radical (unpaired) electrons. The van der Waals surface area contributed by atoms with Crippen molar-refractivity contribution >= 4 is 15.8 Å². The van der Waals surface area contributed by atoms with E-state index in [-0.39, 0.29) is 17.2 Å². The molecule has 5 nitrogen and oxygen atoms in total. The first-order chi connectivity index (χ1) is 11.6. The molecule has 1 aromatic carbocycles. The second-order valence-corrected chi connectivity index (χ2v) is 8.67. The molecular weight excluding hydrogens is 340 g/mol. The van der Waals surface area contributed by atoms with Crippen LogP contribution in [-0.2, 0) is 14.6 Å². The number of aliphatic carboxylic acids is 1. The third-order valence-corrected chi connectivity index (χ3v) is 6.10. The number of hydrogen-bond donors (Lipinski definition) is 1. The fraction of sp³-hybridized carbons (Fsp3) is 0.421. The first-order valence-corrected chi connectivity index (χ1v) is 9.50. The monoisotopic (exact) mass is 366 g/mol. The van der Waals surface area contributed by atoms with Crippen LogP contribution in [0.4, 0.5) is 0 Å². The van der Waals surface area contributed by atoms with Crippen molar-refractivity contribution in [2.24, 2.45) is 5.92 Å². The molecule has 0 aliphatic heterocycles. The van der Waals surface area contributed by atoms with Crippen LogP contribution >= 0.6 is 0 Å². The second-order valence-electron chi connectivity index (χ2n) is 6.46. The standard InChI is InChI=1S/C19H26O5S/c1-14(2)10-12-19(18(20)21,13-11-15(3)4)25(22,23)17-8-6-16(24-5)7-9-17/h6-12,14H,13H2,1-5H3,(H,20,21). The Balaban J connectivity index is 3.60. The molecule has 0 amide bonds. The summed E-state index contributed by atoms with van der Waals surface area (Å²) >= 11 is 0. The van der Waals surface area contributed by atoms with Crippen LogP contribution in [-0.4, -0.2) is 31.4 Å². The van der Waals surface area contributed by atoms with Gasteiger partial charge in [-0.3, -0.25) is 4.79 Å². The molecule has 1 aromatic rings. The first-order valence-electron chi connectivity index (χ1n) is 8.01. The number of ether oxygens (including phenoxy) is 1. The predicted octanol–water partition coefficient (Wildman–Crippen LogP) is 3.86. The Hall–Kier alpha value is -2.08. The molecule has 25 heavy (non-hydrogen) atoms. The number of sulfone groups is 1. The average molecular weight is 366 g/mol. The third kappa shape index (κ3) is 4.72. The van der Waals surface area contributed by atoms with Gasteiger partial charge in [0.25, 0.3) is 0 Å². The summed E-state index contributed by atoms with van der Waals surface area (Å²) in [7, 11) is -2.69. The van der Waals surface area contributed by atoms with E-state index in [0.29, 0.717) is 5.75 Å². The fourth-order valence-corrected chi connectivity index (χ4v) is 3.92. The number of benzene rings is 1. The van der Waals surface area contributed by atoms with Gasteiger partial charge in [-0.1, -0.05) is 37.6 Å². The van der Waals surface area contributed by atoms with Crippen LogP contribution in [0.25, 0.3) is 0 Å². The number of allylic oxidation sites excluding steroid dienone is 3. The van der Waals surface area contributed by atoms with Crippen molar-refractivity contribution in [2.75, 3.05) is 7.11 Å². The molecule has 0 bridgehead atoms. The van der Waals surface area contributed by atoms with Crippen molar-refractivity contribution in [3.63, 3.8) is 0 Å². The van der Waals surface area contributed by atoms with Gasteiger partial charge in [-0.2, -0.15) is 0 Å². The zero-order valence-corrected chi connectivity index (χ0v) is 16.1. The van der Waals surface area contributed by atoms with E-state index in [2.05, 4.69) is 0 Å². The third-order valence-electron chi connectivity index (χ3n) is 3.78. The number of hydrogen-bond acceptors (Lipinski definition) is 4. The summed E-state index contributed by atoms with van der Waals surface area (Å²) in [4.78, 5) is 12.1. The summed E-state index contributed by atoms with van der Waals surface area (Å²) in [6, 6.07) is 5.76. The van der Waals surface area contributed by atoms with Gasteiger partial charge in [-0.05, 0) is 50.5 Å². The maximum atomic E-state index is 13.2. The van der Waals surface area contributed by atoms with Gasteiger partial charge in [0.1, 0.15) is 5.75 Å². The van der Waals surface area contributed by atoms with Crippen LogP contribution in [0.15, 0.2) is 53.0 Å². The summed E-state index contributed by atoms with van der Waals surface area (Å²) in [6.07, 6.45) is 4.43. The molecule has 1 N–H and O–H groups in total. The van der Waals surface area contributed by atoms with E-state index in [1.807, 2.05) is 13.8 Å². The first kappa shape index (κ1) is 21.0. The molecule has 0 heterocycles. The molecule has 1 rings (SSSR count). The van der Waals surface area contributed by atoms with Gasteiger partial charge in [0.05, 0.1) is 12.0 Å². The number of methoxy groups -OCH3 is 1. The smallest absolute Gasteiger partial charge is 0.329 e. The second kappa shape index (κ2) is 8.34. The SMILES string of the molecule is COc1ccc(S(=O)(=O)C(C=CC(C)C)(CC=C(C)C)C(=O)O)cc1. The highest BCUT2D eigenvalue weighted by molar-refractivity contribution is 7.93. The van der Waals surface area contributed by atoms with E-state index in [0.717, 1.165) is 5.57 Å². The highest BCUT2D eigenvalue weighted by atomic mass is 32.2. The summed E-state index contributed by atoms with van der Waals surface area (Å²) in [6.45, 7) is 7.34. The van der Waals surface area contributed by atoms with Crippen molar-refractivity contribution in [3.8, 4) is 5.75 Å². The average Bonchev–Trinajstić information content (AvgIpc) is 2.54. The van der Waals surface area contributed by atoms with Crippen LogP contribution in [0.5, 0.6) is 5.75 Å². The van der Waals surface area contributed by atoms with Crippen LogP contribution in [0, 0.1) is 5.92 Å². The van der Waals surface area contributed by atoms with Crippen LogP contribution in [0.2, 0.25) is 0 Å². The highest BCUT2D eigenvalue weighted by Gasteiger charge is 2.49. The topological polar surface area (TPSA) is 80.7 Å². The Morgan fingerprint density at radius 3 is 2.20 bits per heavy atom.